The molecule has 1 aliphatic rings. The fourth-order valence-electron chi connectivity index (χ4n) is 6.73. The first-order chi connectivity index (χ1) is 28.7. The van der Waals surface area contributed by atoms with Gasteiger partial charge in [0.05, 0.1) is 5.56 Å². The molecule has 0 saturated heterocycles. The van der Waals surface area contributed by atoms with Gasteiger partial charge in [0.15, 0.2) is 17.6 Å². The van der Waals surface area contributed by atoms with Crippen molar-refractivity contribution in [3.8, 4) is 28.7 Å². The Morgan fingerprint density at radius 3 is 1.34 bits per heavy atom. The molecule has 0 aliphatic carbocycles. The molecule has 1 aliphatic heterocycles. The average Bonchev–Trinajstić information content (AvgIpc) is 3.29. The average molecular weight is 767 g/mol. The summed E-state index contributed by atoms with van der Waals surface area (Å²) in [5, 5.41) is 0. The molecule has 7 aromatic carbocycles. The van der Waals surface area contributed by atoms with Crippen LogP contribution in [0.3, 0.4) is 0 Å². The van der Waals surface area contributed by atoms with Gasteiger partial charge in [-0.3, -0.25) is 0 Å². The molecule has 0 saturated carbocycles. The summed E-state index contributed by atoms with van der Waals surface area (Å²) < 4.78 is 39.0. The Hall–Kier alpha value is -6.92. The molecule has 0 fully saturated rings. The molecule has 0 bridgehead atoms. The largest absolute Gasteiger partial charge is 0.489 e. The maximum Gasteiger partial charge on any atom is 0.161 e. The van der Waals surface area contributed by atoms with E-state index in [1.165, 1.54) is 0 Å². The minimum Gasteiger partial charge on any atom is -0.489 e. The molecule has 8 rings (SSSR count). The van der Waals surface area contributed by atoms with Crippen LogP contribution in [0, 0.1) is 0 Å². The maximum atomic E-state index is 6.88. The smallest absolute Gasteiger partial charge is 0.161 e. The highest BCUT2D eigenvalue weighted by molar-refractivity contribution is 5.70. The summed E-state index contributed by atoms with van der Waals surface area (Å²) in [7, 11) is 0. The first-order valence-electron chi connectivity index (χ1n) is 19.7. The Morgan fingerprint density at radius 2 is 0.828 bits per heavy atom. The Bertz CT molecular complexity index is 2360. The molecule has 58 heavy (non-hydrogen) atoms. The van der Waals surface area contributed by atoms with E-state index in [-0.39, 0.29) is 6.10 Å². The summed E-state index contributed by atoms with van der Waals surface area (Å²) in [6.45, 7) is 2.09. The Kier molecular flexibility index (Phi) is 12.6. The number of hydrogen-bond donors (Lipinski definition) is 0. The first-order valence-corrected chi connectivity index (χ1v) is 19.7. The molecule has 0 aromatic heterocycles. The van der Waals surface area contributed by atoms with Crippen LogP contribution in [0.2, 0.25) is 0 Å². The van der Waals surface area contributed by atoms with Crippen molar-refractivity contribution in [2.45, 2.75) is 52.0 Å². The third-order valence-corrected chi connectivity index (χ3v) is 9.86. The highest BCUT2D eigenvalue weighted by Gasteiger charge is 2.28. The van der Waals surface area contributed by atoms with E-state index in [4.69, 9.17) is 28.4 Å². The van der Waals surface area contributed by atoms with Crippen LogP contribution in [-0.4, -0.2) is 6.10 Å². The molecular formula is C52H46O6. The molecule has 0 amide bonds. The summed E-state index contributed by atoms with van der Waals surface area (Å²) in [5.41, 5.74) is 7.30. The molecule has 0 N–H and O–H groups in total. The van der Waals surface area contributed by atoms with E-state index >= 15 is 0 Å². The van der Waals surface area contributed by atoms with E-state index in [2.05, 4.69) is 78.9 Å². The molecular weight excluding hydrogens is 721 g/mol. The minimum absolute atomic E-state index is 0.370. The fourth-order valence-corrected chi connectivity index (χ4v) is 6.73. The highest BCUT2D eigenvalue weighted by Crippen LogP contribution is 2.42. The second-order valence-corrected chi connectivity index (χ2v) is 14.2. The van der Waals surface area contributed by atoms with Gasteiger partial charge >= 0.3 is 0 Å². The number of ether oxygens (including phenoxy) is 6. The predicted octanol–water partition coefficient (Wildman–Crippen LogP) is 12.0. The highest BCUT2D eigenvalue weighted by atomic mass is 16.5. The van der Waals surface area contributed by atoms with E-state index in [1.807, 2.05) is 109 Å². The molecule has 6 heteroatoms. The van der Waals surface area contributed by atoms with Gasteiger partial charge in [-0.05, 0) is 64.4 Å². The van der Waals surface area contributed by atoms with Crippen molar-refractivity contribution in [1.29, 1.82) is 0 Å². The summed E-state index contributed by atoms with van der Waals surface area (Å²) in [6, 6.07) is 60.9. The zero-order valence-corrected chi connectivity index (χ0v) is 32.4. The van der Waals surface area contributed by atoms with E-state index < -0.39 is 0 Å². The third-order valence-electron chi connectivity index (χ3n) is 9.86. The molecule has 0 radical (unpaired) electrons. The van der Waals surface area contributed by atoms with Crippen molar-refractivity contribution in [1.82, 2.24) is 0 Å². The van der Waals surface area contributed by atoms with Crippen molar-refractivity contribution in [2.24, 2.45) is 0 Å². The first kappa shape index (κ1) is 38.0. The van der Waals surface area contributed by atoms with Gasteiger partial charge in [0.25, 0.3) is 0 Å². The second-order valence-electron chi connectivity index (χ2n) is 14.2. The van der Waals surface area contributed by atoms with Gasteiger partial charge in [-0.2, -0.15) is 0 Å². The fraction of sp³-hybridized carbons (Fsp3) is 0.154. The molecule has 1 atom stereocenters. The summed E-state index contributed by atoms with van der Waals surface area (Å²) in [4.78, 5) is 0. The molecule has 0 spiro atoms. The normalized spacial score (nSPS) is 13.0. The Morgan fingerprint density at radius 1 is 0.379 bits per heavy atom. The molecule has 1 heterocycles. The van der Waals surface area contributed by atoms with Crippen LogP contribution in [-0.2, 0) is 44.2 Å². The van der Waals surface area contributed by atoms with Gasteiger partial charge in [0, 0.05) is 12.1 Å². The second kappa shape index (κ2) is 19.3. The zero-order valence-electron chi connectivity index (χ0n) is 32.4. The van der Waals surface area contributed by atoms with Gasteiger partial charge in [-0.15, -0.1) is 0 Å². The quantitative estimate of drug-likeness (QED) is 0.0867. The minimum atomic E-state index is -0.370. The van der Waals surface area contributed by atoms with E-state index in [1.54, 1.807) is 0 Å². The van der Waals surface area contributed by atoms with Crippen LogP contribution in [0.1, 0.15) is 45.4 Å². The van der Waals surface area contributed by atoms with E-state index in [0.717, 1.165) is 44.7 Å². The topological polar surface area (TPSA) is 55.4 Å². The number of aryl methyl sites for hydroxylation is 1. The van der Waals surface area contributed by atoms with Gasteiger partial charge in [-0.25, -0.2) is 0 Å². The van der Waals surface area contributed by atoms with Crippen LogP contribution >= 0.6 is 0 Å². The van der Waals surface area contributed by atoms with Gasteiger partial charge in [-0.1, -0.05) is 158 Å². The van der Waals surface area contributed by atoms with Crippen molar-refractivity contribution in [3.05, 3.63) is 227 Å². The van der Waals surface area contributed by atoms with Gasteiger partial charge < -0.3 is 28.4 Å². The van der Waals surface area contributed by atoms with Crippen molar-refractivity contribution in [2.75, 3.05) is 0 Å². The van der Waals surface area contributed by atoms with E-state index in [0.29, 0.717) is 74.6 Å². The number of benzene rings is 7. The lowest BCUT2D eigenvalue weighted by Crippen LogP contribution is -2.25. The lowest BCUT2D eigenvalue weighted by atomic mass is 10.0. The Labute approximate surface area is 340 Å². The maximum absolute atomic E-state index is 6.88. The number of rotatable bonds is 18. The van der Waals surface area contributed by atoms with Crippen molar-refractivity contribution >= 4 is 6.08 Å². The van der Waals surface area contributed by atoms with Crippen LogP contribution in [0.5, 0.6) is 28.7 Å². The summed E-state index contributed by atoms with van der Waals surface area (Å²) >= 11 is 0. The number of fused-ring (bicyclic) bond motifs is 1. The van der Waals surface area contributed by atoms with Crippen LogP contribution in [0.15, 0.2) is 188 Å². The van der Waals surface area contributed by atoms with Crippen molar-refractivity contribution < 1.29 is 28.4 Å². The number of hydrogen-bond acceptors (Lipinski definition) is 6. The molecule has 1 unspecified atom stereocenters. The zero-order chi connectivity index (χ0) is 39.2. The standard InChI is InChI=1S/C52H46O6/c1-6-16-40(17-7-1)34-53-45-31-49(55-36-42-20-10-3-11-21-42)46-33-52(57-38-44-24-14-5-15-25-44)48(58-50(46)32-45)29-27-39-26-28-47(54-35-41-18-8-2-9-19-41)51(30-39)56-37-43-22-12-4-13-23-43/h1-26,28,30-33,48H,27,29,34-38H2. The van der Waals surface area contributed by atoms with Crippen LogP contribution < -0.4 is 23.7 Å². The SMILES string of the molecule is C1=C(OCc2ccccc2)C(CCc2ccc(OCc3ccccc3)c(OCc3ccccc3)c2)Oc2cc(OCc3ccccc3)cc(OCc3ccccc3)c21. The van der Waals surface area contributed by atoms with Gasteiger partial charge in [0.1, 0.15) is 56.0 Å². The summed E-state index contributed by atoms with van der Waals surface area (Å²) in [6.07, 6.45) is 3.06. The lowest BCUT2D eigenvalue weighted by molar-refractivity contribution is 0.101. The van der Waals surface area contributed by atoms with Crippen LogP contribution in [0.4, 0.5) is 0 Å². The van der Waals surface area contributed by atoms with Crippen LogP contribution in [0.25, 0.3) is 6.08 Å². The lowest BCUT2D eigenvalue weighted by Gasteiger charge is -2.29. The van der Waals surface area contributed by atoms with Gasteiger partial charge in [0.2, 0.25) is 0 Å². The third kappa shape index (κ3) is 10.5. The summed E-state index contributed by atoms with van der Waals surface area (Å²) in [5.74, 6) is 4.14. The molecule has 7 aromatic rings. The molecule has 290 valence electrons. The monoisotopic (exact) mass is 766 g/mol. The Balaban J connectivity index is 1.06. The van der Waals surface area contributed by atoms with Crippen molar-refractivity contribution in [3.63, 3.8) is 0 Å². The molecule has 6 nitrogen and oxygen atoms in total. The predicted molar refractivity (Wildman–Crippen MR) is 228 cm³/mol. The van der Waals surface area contributed by atoms with E-state index in [9.17, 15) is 0 Å².